The molecule has 1 unspecified atom stereocenters. The maximum absolute atomic E-state index is 12.8. The van der Waals surface area contributed by atoms with Gasteiger partial charge in [0.1, 0.15) is 6.04 Å². The first-order valence-corrected chi connectivity index (χ1v) is 7.42. The number of rotatable bonds is 5. The van der Waals surface area contributed by atoms with Crippen molar-refractivity contribution in [2.45, 2.75) is 25.3 Å². The van der Waals surface area contributed by atoms with Crippen LogP contribution in [-0.4, -0.2) is 38.1 Å². The number of carbonyl (C=O) groups is 2. The lowest BCUT2D eigenvalue weighted by molar-refractivity contribution is -0.120. The number of nitrogens with zero attached hydrogens (tertiary/aromatic N) is 1. The monoisotopic (exact) mass is 288 g/mol. The lowest BCUT2D eigenvalue weighted by atomic mass is 10.1. The number of ether oxygens (including phenoxy) is 1. The van der Waals surface area contributed by atoms with Crippen molar-refractivity contribution < 1.29 is 14.3 Å². The Bertz CT molecular complexity index is 554. The Labute approximate surface area is 124 Å². The number of methoxy groups -OCH3 is 1. The Morgan fingerprint density at radius 1 is 1.29 bits per heavy atom. The molecule has 0 saturated heterocycles. The molecule has 5 nitrogen and oxygen atoms in total. The predicted molar refractivity (Wildman–Crippen MR) is 79.3 cm³/mol. The van der Waals surface area contributed by atoms with Gasteiger partial charge in [0.15, 0.2) is 0 Å². The van der Waals surface area contributed by atoms with Crippen molar-refractivity contribution in [3.05, 3.63) is 29.8 Å². The van der Waals surface area contributed by atoms with Crippen LogP contribution >= 0.6 is 0 Å². The van der Waals surface area contributed by atoms with Gasteiger partial charge in [0, 0.05) is 20.3 Å². The summed E-state index contributed by atoms with van der Waals surface area (Å²) in [5.41, 5.74) is 1.28. The van der Waals surface area contributed by atoms with Crippen LogP contribution in [0.5, 0.6) is 0 Å². The van der Waals surface area contributed by atoms with Crippen molar-refractivity contribution >= 4 is 17.5 Å². The number of carbonyl (C=O) groups excluding carboxylic acids is 2. The topological polar surface area (TPSA) is 58.6 Å². The fourth-order valence-corrected chi connectivity index (χ4v) is 2.82. The predicted octanol–water partition coefficient (Wildman–Crippen LogP) is 1.58. The first-order valence-electron chi connectivity index (χ1n) is 7.42. The zero-order valence-corrected chi connectivity index (χ0v) is 12.2. The standard InChI is InChI=1S/C16H20N2O3/c1-21-10-4-9-18-13-6-3-2-5-12(13)15(19)17-14(16(18)20)11-7-8-11/h2-3,5-6,11,14H,4,7-10H2,1H3,(H,17,19). The highest BCUT2D eigenvalue weighted by molar-refractivity contribution is 6.11. The van der Waals surface area contributed by atoms with E-state index in [1.807, 2.05) is 18.2 Å². The summed E-state index contributed by atoms with van der Waals surface area (Å²) in [5, 5.41) is 2.91. The number of amides is 2. The van der Waals surface area contributed by atoms with Crippen LogP contribution in [0.2, 0.25) is 0 Å². The van der Waals surface area contributed by atoms with E-state index in [1.165, 1.54) is 0 Å². The Morgan fingerprint density at radius 2 is 2.05 bits per heavy atom. The minimum atomic E-state index is -0.382. The molecule has 2 amide bonds. The molecule has 0 bridgehead atoms. The first-order chi connectivity index (χ1) is 10.2. The van der Waals surface area contributed by atoms with Crippen molar-refractivity contribution in [1.82, 2.24) is 5.32 Å². The zero-order chi connectivity index (χ0) is 14.8. The summed E-state index contributed by atoms with van der Waals surface area (Å²) in [4.78, 5) is 26.9. The molecule has 0 spiro atoms. The highest BCUT2D eigenvalue weighted by Gasteiger charge is 2.42. The third-order valence-corrected chi connectivity index (χ3v) is 4.08. The van der Waals surface area contributed by atoms with Crippen molar-refractivity contribution in [2.24, 2.45) is 5.92 Å². The molecule has 1 heterocycles. The molecule has 112 valence electrons. The van der Waals surface area contributed by atoms with Crippen molar-refractivity contribution in [3.63, 3.8) is 0 Å². The zero-order valence-electron chi connectivity index (χ0n) is 12.2. The molecule has 5 heteroatoms. The maximum atomic E-state index is 12.8. The summed E-state index contributed by atoms with van der Waals surface area (Å²) in [6.45, 7) is 1.17. The summed E-state index contributed by atoms with van der Waals surface area (Å²) >= 11 is 0. The normalized spacial score (nSPS) is 21.8. The van der Waals surface area contributed by atoms with Crippen LogP contribution in [0.4, 0.5) is 5.69 Å². The van der Waals surface area contributed by atoms with Crippen LogP contribution in [0.3, 0.4) is 0 Å². The minimum Gasteiger partial charge on any atom is -0.385 e. The SMILES string of the molecule is COCCCN1C(=O)C(C2CC2)NC(=O)c2ccccc21. The molecule has 1 aromatic carbocycles. The fourth-order valence-electron chi connectivity index (χ4n) is 2.82. The number of para-hydroxylation sites is 1. The molecule has 1 fully saturated rings. The van der Waals surface area contributed by atoms with Crippen LogP contribution in [-0.2, 0) is 9.53 Å². The van der Waals surface area contributed by atoms with Gasteiger partial charge in [-0.05, 0) is 37.3 Å². The summed E-state index contributed by atoms with van der Waals surface area (Å²) < 4.78 is 5.07. The molecule has 1 N–H and O–H groups in total. The van der Waals surface area contributed by atoms with Crippen LogP contribution in [0, 0.1) is 5.92 Å². The number of benzene rings is 1. The van der Waals surface area contributed by atoms with E-state index in [-0.39, 0.29) is 17.9 Å². The van der Waals surface area contributed by atoms with Gasteiger partial charge in [-0.25, -0.2) is 0 Å². The summed E-state index contributed by atoms with van der Waals surface area (Å²) in [6, 6.07) is 6.92. The third kappa shape index (κ3) is 2.78. The molecule has 0 aromatic heterocycles. The van der Waals surface area contributed by atoms with Gasteiger partial charge in [0.25, 0.3) is 5.91 Å². The van der Waals surface area contributed by atoms with E-state index >= 15 is 0 Å². The lowest BCUT2D eigenvalue weighted by Crippen LogP contribution is -2.47. The molecule has 1 aliphatic carbocycles. The number of nitrogens with one attached hydrogen (secondary N) is 1. The average Bonchev–Trinajstić information content (AvgIpc) is 3.33. The second-order valence-corrected chi connectivity index (χ2v) is 5.64. The van der Waals surface area contributed by atoms with E-state index in [4.69, 9.17) is 4.74 Å². The van der Waals surface area contributed by atoms with Crippen molar-refractivity contribution in [1.29, 1.82) is 0 Å². The third-order valence-electron chi connectivity index (χ3n) is 4.08. The smallest absolute Gasteiger partial charge is 0.254 e. The van der Waals surface area contributed by atoms with Gasteiger partial charge < -0.3 is 15.0 Å². The van der Waals surface area contributed by atoms with E-state index in [1.54, 1.807) is 18.1 Å². The molecule has 1 aliphatic heterocycles. The number of hydrogen-bond acceptors (Lipinski definition) is 3. The van der Waals surface area contributed by atoms with Gasteiger partial charge in [0.2, 0.25) is 5.91 Å². The van der Waals surface area contributed by atoms with Gasteiger partial charge in [0.05, 0.1) is 11.3 Å². The Balaban J connectivity index is 1.93. The Hall–Kier alpha value is -1.88. The van der Waals surface area contributed by atoms with E-state index < -0.39 is 0 Å². The molecule has 1 saturated carbocycles. The largest absolute Gasteiger partial charge is 0.385 e. The van der Waals surface area contributed by atoms with Gasteiger partial charge in [-0.1, -0.05) is 12.1 Å². The molecular formula is C16H20N2O3. The highest BCUT2D eigenvalue weighted by atomic mass is 16.5. The fraction of sp³-hybridized carbons (Fsp3) is 0.500. The molecule has 0 radical (unpaired) electrons. The number of fused-ring (bicyclic) bond motifs is 1. The minimum absolute atomic E-state index is 0.00639. The molecule has 1 aromatic rings. The summed E-state index contributed by atoms with van der Waals surface area (Å²) in [6.07, 6.45) is 2.78. The summed E-state index contributed by atoms with van der Waals surface area (Å²) in [5.74, 6) is 0.151. The first kappa shape index (κ1) is 14.1. The Morgan fingerprint density at radius 3 is 2.76 bits per heavy atom. The van der Waals surface area contributed by atoms with E-state index in [2.05, 4.69) is 5.32 Å². The maximum Gasteiger partial charge on any atom is 0.254 e. The van der Waals surface area contributed by atoms with Crippen LogP contribution in [0.15, 0.2) is 24.3 Å². The second-order valence-electron chi connectivity index (χ2n) is 5.64. The van der Waals surface area contributed by atoms with Crippen molar-refractivity contribution in [3.8, 4) is 0 Å². The van der Waals surface area contributed by atoms with Crippen LogP contribution < -0.4 is 10.2 Å². The second kappa shape index (κ2) is 5.85. The van der Waals surface area contributed by atoms with Gasteiger partial charge in [-0.15, -0.1) is 0 Å². The highest BCUT2D eigenvalue weighted by Crippen LogP contribution is 2.36. The molecule has 21 heavy (non-hydrogen) atoms. The molecule has 3 rings (SSSR count). The quantitative estimate of drug-likeness (QED) is 0.837. The van der Waals surface area contributed by atoms with Crippen LogP contribution in [0.1, 0.15) is 29.6 Å². The molecular weight excluding hydrogens is 268 g/mol. The van der Waals surface area contributed by atoms with E-state index in [9.17, 15) is 9.59 Å². The lowest BCUT2D eigenvalue weighted by Gasteiger charge is -2.25. The van der Waals surface area contributed by atoms with E-state index in [0.29, 0.717) is 30.3 Å². The van der Waals surface area contributed by atoms with E-state index in [0.717, 1.165) is 19.3 Å². The van der Waals surface area contributed by atoms with Crippen LogP contribution in [0.25, 0.3) is 0 Å². The van der Waals surface area contributed by atoms with Crippen molar-refractivity contribution in [2.75, 3.05) is 25.2 Å². The average molecular weight is 288 g/mol. The number of anilines is 1. The Kier molecular flexibility index (Phi) is 3.92. The van der Waals surface area contributed by atoms with Gasteiger partial charge >= 0.3 is 0 Å². The van der Waals surface area contributed by atoms with Gasteiger partial charge in [-0.2, -0.15) is 0 Å². The molecule has 1 atom stereocenters. The number of hydrogen-bond donors (Lipinski definition) is 1. The summed E-state index contributed by atoms with van der Waals surface area (Å²) in [7, 11) is 1.65. The van der Waals surface area contributed by atoms with Gasteiger partial charge in [-0.3, -0.25) is 9.59 Å². The molecule has 2 aliphatic rings.